The van der Waals surface area contributed by atoms with Crippen molar-refractivity contribution in [1.82, 2.24) is 14.5 Å². The van der Waals surface area contributed by atoms with Gasteiger partial charge in [0.15, 0.2) is 0 Å². The number of aromatic nitrogens is 3. The van der Waals surface area contributed by atoms with Crippen molar-refractivity contribution >= 4 is 34.5 Å². The van der Waals surface area contributed by atoms with Crippen molar-refractivity contribution in [3.8, 4) is 21.8 Å². The molecule has 0 radical (unpaired) electrons. The molecule has 9 heteroatoms. The fraction of sp³-hybridized carbons (Fsp3) is 0.212. The number of pyridine rings is 1. The van der Waals surface area contributed by atoms with Crippen molar-refractivity contribution in [2.75, 3.05) is 16.8 Å². The maximum absolute atomic E-state index is 14.4. The Morgan fingerprint density at radius 1 is 1.05 bits per heavy atom. The fourth-order valence-corrected chi connectivity index (χ4v) is 6.82. The van der Waals surface area contributed by atoms with E-state index in [0.29, 0.717) is 35.1 Å². The molecular formula is C33H28FN5O2S. The smallest absolute Gasteiger partial charge is 0.276 e. The highest BCUT2D eigenvalue weighted by atomic mass is 32.1. The zero-order chi connectivity index (χ0) is 28.8. The Hall–Kier alpha value is -4.63. The van der Waals surface area contributed by atoms with Crippen LogP contribution in [0.4, 0.5) is 15.8 Å². The predicted octanol–water partition coefficient (Wildman–Crippen LogP) is 7.30. The molecule has 1 aliphatic carbocycles. The number of para-hydroxylation sites is 2. The first kappa shape index (κ1) is 26.3. The molecule has 0 unspecified atom stereocenters. The quantitative estimate of drug-likeness (QED) is 0.238. The summed E-state index contributed by atoms with van der Waals surface area (Å²) in [6.07, 6.45) is 7.70. The lowest BCUT2D eigenvalue weighted by molar-refractivity contribution is 0.0981. The fourth-order valence-electron chi connectivity index (χ4n) is 5.68. The second-order valence-electron chi connectivity index (χ2n) is 10.8. The highest BCUT2D eigenvalue weighted by molar-refractivity contribution is 7.17. The molecule has 0 saturated heterocycles. The van der Waals surface area contributed by atoms with Crippen LogP contribution in [0.3, 0.4) is 0 Å². The zero-order valence-electron chi connectivity index (χ0n) is 23.0. The van der Waals surface area contributed by atoms with E-state index >= 15 is 0 Å². The topological polar surface area (TPSA) is 80.1 Å². The van der Waals surface area contributed by atoms with E-state index in [-0.39, 0.29) is 17.5 Å². The van der Waals surface area contributed by atoms with E-state index in [0.717, 1.165) is 45.9 Å². The molecule has 2 aromatic carbocycles. The number of rotatable bonds is 5. The molecule has 7 nitrogen and oxygen atoms in total. The summed E-state index contributed by atoms with van der Waals surface area (Å²) in [4.78, 5) is 39.5. The molecule has 42 heavy (non-hydrogen) atoms. The van der Waals surface area contributed by atoms with Crippen LogP contribution in [-0.4, -0.2) is 32.9 Å². The second kappa shape index (κ2) is 10.6. The molecule has 0 bridgehead atoms. The van der Waals surface area contributed by atoms with Gasteiger partial charge >= 0.3 is 0 Å². The molecule has 1 aliphatic heterocycles. The lowest BCUT2D eigenvalue weighted by atomic mass is 9.92. The van der Waals surface area contributed by atoms with E-state index in [1.807, 2.05) is 55.0 Å². The zero-order valence-corrected chi connectivity index (χ0v) is 23.8. The van der Waals surface area contributed by atoms with E-state index in [1.165, 1.54) is 23.8 Å². The van der Waals surface area contributed by atoms with Gasteiger partial charge in [0.25, 0.3) is 11.8 Å². The molecule has 2 amide bonds. The average Bonchev–Trinajstić information content (AvgIpc) is 3.59. The van der Waals surface area contributed by atoms with Gasteiger partial charge in [0.05, 0.1) is 40.2 Å². The normalized spacial score (nSPS) is 14.5. The summed E-state index contributed by atoms with van der Waals surface area (Å²) in [6.45, 7) is 2.19. The van der Waals surface area contributed by atoms with Crippen LogP contribution in [0.2, 0.25) is 0 Å². The summed E-state index contributed by atoms with van der Waals surface area (Å²) in [5.41, 5.74) is 5.49. The number of anilines is 2. The molecule has 1 fully saturated rings. The molecule has 5 aromatic rings. The molecule has 1 N–H and O–H groups in total. The van der Waals surface area contributed by atoms with Gasteiger partial charge in [-0.1, -0.05) is 36.4 Å². The van der Waals surface area contributed by atoms with Crippen molar-refractivity contribution < 1.29 is 14.0 Å². The number of halogens is 1. The maximum atomic E-state index is 14.4. The number of thiophene rings is 1. The van der Waals surface area contributed by atoms with Crippen LogP contribution in [0.15, 0.2) is 79.3 Å². The van der Waals surface area contributed by atoms with Crippen LogP contribution in [-0.2, 0) is 6.42 Å². The molecule has 0 spiro atoms. The number of hydrogen-bond acceptors (Lipinski definition) is 5. The average molecular weight is 578 g/mol. The van der Waals surface area contributed by atoms with E-state index in [4.69, 9.17) is 4.98 Å². The number of amides is 2. The minimum atomic E-state index is -0.467. The summed E-state index contributed by atoms with van der Waals surface area (Å²) in [7, 11) is 0. The Kier molecular flexibility index (Phi) is 6.66. The van der Waals surface area contributed by atoms with Crippen molar-refractivity contribution in [3.05, 3.63) is 107 Å². The minimum absolute atomic E-state index is 0.179. The third-order valence-corrected chi connectivity index (χ3v) is 9.36. The molecule has 0 atom stereocenters. The molecule has 1 saturated carbocycles. The first-order chi connectivity index (χ1) is 20.5. The van der Waals surface area contributed by atoms with E-state index in [1.54, 1.807) is 30.0 Å². The third-order valence-electron chi connectivity index (χ3n) is 8.15. The second-order valence-corrected chi connectivity index (χ2v) is 11.8. The van der Waals surface area contributed by atoms with Crippen LogP contribution >= 0.6 is 11.3 Å². The number of carbonyl (C=O) groups is 2. The largest absolute Gasteiger partial charge is 0.326 e. The van der Waals surface area contributed by atoms with Crippen LogP contribution in [0.25, 0.3) is 21.8 Å². The number of imidazole rings is 1. The van der Waals surface area contributed by atoms with Gasteiger partial charge in [-0.25, -0.2) is 14.4 Å². The van der Waals surface area contributed by atoms with Crippen molar-refractivity contribution in [2.45, 2.75) is 38.6 Å². The number of hydrogen-bond donors (Lipinski definition) is 1. The predicted molar refractivity (Wildman–Crippen MR) is 163 cm³/mol. The highest BCUT2D eigenvalue weighted by Crippen LogP contribution is 2.42. The van der Waals surface area contributed by atoms with Crippen molar-refractivity contribution in [3.63, 3.8) is 0 Å². The summed E-state index contributed by atoms with van der Waals surface area (Å²) < 4.78 is 16.6. The Balaban J connectivity index is 1.19. The van der Waals surface area contributed by atoms with E-state index < -0.39 is 5.82 Å². The van der Waals surface area contributed by atoms with Gasteiger partial charge in [-0.05, 0) is 74.1 Å². The van der Waals surface area contributed by atoms with Gasteiger partial charge < -0.3 is 14.8 Å². The number of nitrogens with zero attached hydrogens (tertiary/aromatic N) is 4. The van der Waals surface area contributed by atoms with Crippen molar-refractivity contribution in [1.29, 1.82) is 0 Å². The van der Waals surface area contributed by atoms with Crippen LogP contribution in [0.1, 0.15) is 56.6 Å². The Morgan fingerprint density at radius 3 is 2.69 bits per heavy atom. The van der Waals surface area contributed by atoms with Gasteiger partial charge in [-0.3, -0.25) is 9.59 Å². The Bertz CT molecular complexity index is 1820. The van der Waals surface area contributed by atoms with Crippen LogP contribution < -0.4 is 10.2 Å². The summed E-state index contributed by atoms with van der Waals surface area (Å²) >= 11 is 1.35. The first-order valence-electron chi connectivity index (χ1n) is 14.1. The van der Waals surface area contributed by atoms with E-state index in [9.17, 15) is 14.0 Å². The molecule has 210 valence electrons. The van der Waals surface area contributed by atoms with Gasteiger partial charge in [0.1, 0.15) is 11.5 Å². The van der Waals surface area contributed by atoms with Gasteiger partial charge in [0, 0.05) is 23.0 Å². The highest BCUT2D eigenvalue weighted by Gasteiger charge is 2.29. The maximum Gasteiger partial charge on any atom is 0.276 e. The number of fused-ring (bicyclic) bond motifs is 3. The molecule has 7 rings (SSSR count). The minimum Gasteiger partial charge on any atom is -0.326 e. The monoisotopic (exact) mass is 577 g/mol. The number of nitrogens with one attached hydrogen (secondary N) is 1. The Labute approximate surface area is 246 Å². The first-order valence-corrected chi connectivity index (χ1v) is 14.9. The Morgan fingerprint density at radius 2 is 1.88 bits per heavy atom. The standard InChI is InChI=1S/C33H28FN5O2S/c1-20-7-4-11-24(34)30(20)37-32(40)29-17-21-15-16-38(27-14-3-2-10-23(27)31(21)42-29)33(41)26-13-6-12-25(36-26)28-18-35-19-39(28)22-8-5-9-22/h2-4,6-7,10-14,17-19,22H,5,8-9,15-16H2,1H3,(H,37,40). The lowest BCUT2D eigenvalue weighted by Gasteiger charge is -2.28. The lowest BCUT2D eigenvalue weighted by Crippen LogP contribution is -2.33. The number of carbonyl (C=O) groups excluding carboxylic acids is 2. The van der Waals surface area contributed by atoms with Gasteiger partial charge in [-0.15, -0.1) is 11.3 Å². The molecule has 3 aromatic heterocycles. The third kappa shape index (κ3) is 4.59. The van der Waals surface area contributed by atoms with Gasteiger partial charge in [0.2, 0.25) is 0 Å². The number of aryl methyl sites for hydroxylation is 1. The van der Waals surface area contributed by atoms with Crippen molar-refractivity contribution in [2.24, 2.45) is 0 Å². The molecular weight excluding hydrogens is 549 g/mol. The van der Waals surface area contributed by atoms with Gasteiger partial charge in [-0.2, -0.15) is 0 Å². The van der Waals surface area contributed by atoms with Crippen LogP contribution in [0, 0.1) is 12.7 Å². The van der Waals surface area contributed by atoms with E-state index in [2.05, 4.69) is 14.9 Å². The van der Waals surface area contributed by atoms with Crippen LogP contribution in [0.5, 0.6) is 0 Å². The SMILES string of the molecule is Cc1cccc(F)c1NC(=O)c1cc2c(s1)-c1ccccc1N(C(=O)c1cccc(-c3cncn3C3CCC3)n1)CC2. The number of benzene rings is 2. The summed E-state index contributed by atoms with van der Waals surface area (Å²) in [5, 5.41) is 2.74. The molecule has 4 heterocycles. The molecule has 2 aliphatic rings. The summed E-state index contributed by atoms with van der Waals surface area (Å²) in [6, 6.07) is 20.3. The summed E-state index contributed by atoms with van der Waals surface area (Å²) in [5.74, 6) is -0.998.